The van der Waals surface area contributed by atoms with Crippen molar-refractivity contribution < 1.29 is 8.78 Å². The maximum absolute atomic E-state index is 13.4. The van der Waals surface area contributed by atoms with E-state index >= 15 is 0 Å². The Hall–Kier alpha value is -1.70. The quantitative estimate of drug-likeness (QED) is 0.651. The van der Waals surface area contributed by atoms with Crippen LogP contribution in [0.2, 0.25) is 0 Å². The van der Waals surface area contributed by atoms with Crippen LogP contribution in [0.3, 0.4) is 0 Å². The molecule has 1 aromatic carbocycles. The number of benzene rings is 1. The number of hydrogen-bond donors (Lipinski definition) is 0. The van der Waals surface area contributed by atoms with Crippen molar-refractivity contribution in [1.82, 2.24) is 0 Å². The van der Waals surface area contributed by atoms with Crippen molar-refractivity contribution in [1.29, 1.82) is 0 Å². The highest BCUT2D eigenvalue weighted by atomic mass is 19.1. The maximum Gasteiger partial charge on any atom is 0.133 e. The van der Waals surface area contributed by atoms with Crippen LogP contribution in [0, 0.1) is 11.6 Å². The molecule has 0 N–H and O–H groups in total. The predicted molar refractivity (Wildman–Crippen MR) is 57.2 cm³/mol. The Balaban J connectivity index is 2.50. The lowest BCUT2D eigenvalue weighted by Gasteiger charge is -2.05. The minimum atomic E-state index is -0.549. The molecule has 2 rings (SSSR count). The molecular formula is C13H10F2. The summed E-state index contributed by atoms with van der Waals surface area (Å²) in [4.78, 5) is 0. The molecule has 1 aliphatic rings. The van der Waals surface area contributed by atoms with E-state index in [1.54, 1.807) is 0 Å². The fraction of sp³-hybridized carbons (Fsp3) is 0.0769. The third-order valence-electron chi connectivity index (χ3n) is 2.43. The Morgan fingerprint density at radius 1 is 1.07 bits per heavy atom. The van der Waals surface area contributed by atoms with Gasteiger partial charge in [-0.1, -0.05) is 24.3 Å². The molecular weight excluding hydrogens is 194 g/mol. The number of halogens is 2. The van der Waals surface area contributed by atoms with Crippen LogP contribution in [0.4, 0.5) is 8.78 Å². The Bertz CT molecular complexity index is 465. The summed E-state index contributed by atoms with van der Waals surface area (Å²) in [5, 5.41) is 0. The average molecular weight is 204 g/mol. The fourth-order valence-corrected chi connectivity index (χ4v) is 1.57. The molecule has 1 aliphatic carbocycles. The molecule has 0 saturated carbocycles. The minimum absolute atomic E-state index is 0.447. The average Bonchev–Trinajstić information content (AvgIpc) is 2.69. The van der Waals surface area contributed by atoms with Gasteiger partial charge >= 0.3 is 0 Å². The molecule has 0 nitrogen and oxygen atoms in total. The molecule has 0 atom stereocenters. The first kappa shape index (κ1) is 9.84. The van der Waals surface area contributed by atoms with E-state index in [-0.39, 0.29) is 0 Å². The lowest BCUT2D eigenvalue weighted by Crippen LogP contribution is -1.90. The molecule has 1 aromatic rings. The monoisotopic (exact) mass is 204 g/mol. The van der Waals surface area contributed by atoms with Crippen LogP contribution in [0.5, 0.6) is 0 Å². The molecule has 0 aromatic heterocycles. The zero-order chi connectivity index (χ0) is 10.8. The van der Waals surface area contributed by atoms with Gasteiger partial charge in [-0.15, -0.1) is 0 Å². The second kappa shape index (κ2) is 3.81. The molecule has 0 bridgehead atoms. The lowest BCUT2D eigenvalue weighted by molar-refractivity contribution is 0.581. The largest absolute Gasteiger partial charge is 0.207 e. The lowest BCUT2D eigenvalue weighted by atomic mass is 10.0. The van der Waals surface area contributed by atoms with Crippen molar-refractivity contribution in [2.45, 2.75) is 6.92 Å². The molecule has 0 amide bonds. The molecule has 0 saturated heterocycles. The summed E-state index contributed by atoms with van der Waals surface area (Å²) in [5.74, 6) is -1.07. The minimum Gasteiger partial charge on any atom is -0.207 e. The van der Waals surface area contributed by atoms with Crippen molar-refractivity contribution in [3.8, 4) is 0 Å². The van der Waals surface area contributed by atoms with Gasteiger partial charge in [0.15, 0.2) is 0 Å². The number of allylic oxidation sites excluding steroid dienone is 6. The molecule has 0 spiro atoms. The highest BCUT2D eigenvalue weighted by Crippen LogP contribution is 2.25. The standard InChI is InChI=1S/C13H10F2/c1-9(10-4-2-3-5-10)12-7-6-11(14)8-13(12)15/h2-8H,1H3. The SMILES string of the molecule is CC(=C1C=CC=C1)c1ccc(F)cc1F. The van der Waals surface area contributed by atoms with Gasteiger partial charge in [0.2, 0.25) is 0 Å². The molecule has 0 aliphatic heterocycles. The van der Waals surface area contributed by atoms with Crippen molar-refractivity contribution in [2.75, 3.05) is 0 Å². The van der Waals surface area contributed by atoms with Gasteiger partial charge in [-0.3, -0.25) is 0 Å². The summed E-state index contributed by atoms with van der Waals surface area (Å²) in [7, 11) is 0. The van der Waals surface area contributed by atoms with Crippen LogP contribution in [-0.4, -0.2) is 0 Å². The normalized spacial score (nSPS) is 13.7. The Morgan fingerprint density at radius 2 is 1.73 bits per heavy atom. The van der Waals surface area contributed by atoms with Crippen molar-refractivity contribution in [3.05, 3.63) is 65.3 Å². The Labute approximate surface area is 87.2 Å². The molecule has 0 heterocycles. The third-order valence-corrected chi connectivity index (χ3v) is 2.43. The zero-order valence-electron chi connectivity index (χ0n) is 8.30. The molecule has 15 heavy (non-hydrogen) atoms. The summed E-state index contributed by atoms with van der Waals surface area (Å²) in [6.07, 6.45) is 7.58. The van der Waals surface area contributed by atoms with Gasteiger partial charge in [0.05, 0.1) is 0 Å². The topological polar surface area (TPSA) is 0 Å². The van der Waals surface area contributed by atoms with E-state index in [9.17, 15) is 8.78 Å². The number of rotatable bonds is 1. The molecule has 76 valence electrons. The smallest absolute Gasteiger partial charge is 0.133 e. The zero-order valence-corrected chi connectivity index (χ0v) is 8.30. The fourth-order valence-electron chi connectivity index (χ4n) is 1.57. The van der Waals surface area contributed by atoms with E-state index < -0.39 is 11.6 Å². The first-order chi connectivity index (χ1) is 7.18. The van der Waals surface area contributed by atoms with Gasteiger partial charge in [0.1, 0.15) is 11.6 Å². The summed E-state index contributed by atoms with van der Waals surface area (Å²) in [6, 6.07) is 3.64. The van der Waals surface area contributed by atoms with Gasteiger partial charge < -0.3 is 0 Å². The first-order valence-corrected chi connectivity index (χ1v) is 4.69. The van der Waals surface area contributed by atoms with E-state index in [2.05, 4.69) is 0 Å². The van der Waals surface area contributed by atoms with Gasteiger partial charge in [-0.2, -0.15) is 0 Å². The van der Waals surface area contributed by atoms with Crippen molar-refractivity contribution in [2.24, 2.45) is 0 Å². The first-order valence-electron chi connectivity index (χ1n) is 4.69. The summed E-state index contributed by atoms with van der Waals surface area (Å²) < 4.78 is 26.1. The second-order valence-electron chi connectivity index (χ2n) is 3.42. The van der Waals surface area contributed by atoms with Crippen LogP contribution in [0.15, 0.2) is 48.1 Å². The van der Waals surface area contributed by atoms with Gasteiger partial charge in [-0.05, 0) is 30.2 Å². The summed E-state index contributed by atoms with van der Waals surface area (Å²) in [5.41, 5.74) is 2.22. The van der Waals surface area contributed by atoms with Crippen LogP contribution in [0.1, 0.15) is 12.5 Å². The van der Waals surface area contributed by atoms with Crippen molar-refractivity contribution >= 4 is 5.57 Å². The Kier molecular flexibility index (Phi) is 2.50. The van der Waals surface area contributed by atoms with E-state index in [0.29, 0.717) is 5.56 Å². The highest BCUT2D eigenvalue weighted by molar-refractivity contribution is 5.73. The summed E-state index contributed by atoms with van der Waals surface area (Å²) in [6.45, 7) is 1.83. The predicted octanol–water partition coefficient (Wildman–Crippen LogP) is 3.86. The van der Waals surface area contributed by atoms with Gasteiger partial charge in [0, 0.05) is 11.6 Å². The number of hydrogen-bond acceptors (Lipinski definition) is 0. The second-order valence-corrected chi connectivity index (χ2v) is 3.42. The van der Waals surface area contributed by atoms with Gasteiger partial charge in [0.25, 0.3) is 0 Å². The Morgan fingerprint density at radius 3 is 2.33 bits per heavy atom. The maximum atomic E-state index is 13.4. The summed E-state index contributed by atoms with van der Waals surface area (Å²) >= 11 is 0. The van der Waals surface area contributed by atoms with Crippen LogP contribution in [0.25, 0.3) is 5.57 Å². The molecule has 0 fully saturated rings. The van der Waals surface area contributed by atoms with Crippen LogP contribution < -0.4 is 0 Å². The van der Waals surface area contributed by atoms with Gasteiger partial charge in [-0.25, -0.2) is 8.78 Å². The van der Waals surface area contributed by atoms with E-state index in [4.69, 9.17) is 0 Å². The molecule has 0 unspecified atom stereocenters. The highest BCUT2D eigenvalue weighted by Gasteiger charge is 2.08. The van der Waals surface area contributed by atoms with E-state index in [1.165, 1.54) is 12.1 Å². The van der Waals surface area contributed by atoms with Crippen LogP contribution in [-0.2, 0) is 0 Å². The molecule has 0 radical (unpaired) electrons. The third kappa shape index (κ3) is 1.89. The van der Waals surface area contributed by atoms with Crippen LogP contribution >= 0.6 is 0 Å². The molecule has 2 heteroatoms. The van der Waals surface area contributed by atoms with E-state index in [1.807, 2.05) is 31.2 Å². The van der Waals surface area contributed by atoms with E-state index in [0.717, 1.165) is 17.2 Å². The van der Waals surface area contributed by atoms with Crippen molar-refractivity contribution in [3.63, 3.8) is 0 Å².